The Morgan fingerprint density at radius 2 is 1.64 bits per heavy atom. The second-order valence-electron chi connectivity index (χ2n) is 1.20. The normalized spacial score (nSPS) is 3.91. The van der Waals surface area contributed by atoms with Crippen molar-refractivity contribution < 1.29 is 0 Å². The zero-order valence-corrected chi connectivity index (χ0v) is 5.78. The van der Waals surface area contributed by atoms with Gasteiger partial charge in [-0.25, -0.2) is 0 Å². The molecule has 0 N–H and O–H groups in total. The molecule has 1 radical (unpaired) electrons. The average Bonchev–Trinajstić information content (AvgIpc) is 2.03. The maximum absolute atomic E-state index is 4.83. The van der Waals surface area contributed by atoms with Crippen molar-refractivity contribution in [1.82, 2.24) is 0 Å². The van der Waals surface area contributed by atoms with Crippen LogP contribution in [-0.4, -0.2) is 0 Å². The Balaban J connectivity index is 4.27. The molecule has 0 aliphatic heterocycles. The van der Waals surface area contributed by atoms with Gasteiger partial charge in [0.2, 0.25) is 0 Å². The van der Waals surface area contributed by atoms with Crippen molar-refractivity contribution in [3.8, 4) is 36.0 Å². The van der Waals surface area contributed by atoms with Crippen LogP contribution in [0.2, 0.25) is 0 Å². The fourth-order valence-electron chi connectivity index (χ4n) is 0.237. The highest BCUT2D eigenvalue weighted by molar-refractivity contribution is 5.34. The van der Waals surface area contributed by atoms with Gasteiger partial charge in [0.05, 0.1) is 0 Å². The van der Waals surface area contributed by atoms with Gasteiger partial charge in [0.15, 0.2) is 0 Å². The Morgan fingerprint density at radius 3 is 2.27 bits per heavy atom. The van der Waals surface area contributed by atoms with Gasteiger partial charge in [-0.05, 0) is 47.6 Å². The first-order chi connectivity index (χ1) is 5.41. The second kappa shape index (κ2) is 7.76. The molecule has 0 fully saturated rings. The average molecular weight is 135 g/mol. The molecule has 0 bridgehead atoms. The first-order valence-electron chi connectivity index (χ1n) is 2.64. The summed E-state index contributed by atoms with van der Waals surface area (Å²) in [4.78, 5) is 0. The van der Waals surface area contributed by atoms with Gasteiger partial charge in [0, 0.05) is 0 Å². The molecular weight excluding hydrogens is 132 g/mol. The third-order valence-corrected chi connectivity index (χ3v) is 0.536. The van der Waals surface area contributed by atoms with Gasteiger partial charge in [-0.15, -0.1) is 6.42 Å². The largest absolute Gasteiger partial charge is 0.106 e. The van der Waals surface area contributed by atoms with Gasteiger partial charge in [0.25, 0.3) is 0 Å². The summed E-state index contributed by atoms with van der Waals surface area (Å²) in [5.74, 6) is 11.7. The number of hydrogen-bond acceptors (Lipinski definition) is 0. The van der Waals surface area contributed by atoms with Crippen molar-refractivity contribution in [3.63, 3.8) is 0 Å². The molecule has 0 aromatic rings. The topological polar surface area (TPSA) is 0 Å². The van der Waals surface area contributed by atoms with E-state index in [0.29, 0.717) is 0 Å². The Morgan fingerprint density at radius 1 is 0.909 bits per heavy atom. The van der Waals surface area contributed by atoms with Crippen LogP contribution >= 0.6 is 0 Å². The molecule has 0 saturated carbocycles. The van der Waals surface area contributed by atoms with Crippen LogP contribution in [0.25, 0.3) is 0 Å². The number of terminal acetylenes is 1. The molecule has 0 rings (SSSR count). The molecule has 0 spiro atoms. The van der Waals surface area contributed by atoms with Crippen molar-refractivity contribution in [2.45, 2.75) is 0 Å². The maximum atomic E-state index is 4.83. The third-order valence-electron chi connectivity index (χ3n) is 0.536. The van der Waals surface area contributed by atoms with Crippen LogP contribution < -0.4 is 0 Å². The molecule has 47 valence electrons. The van der Waals surface area contributed by atoms with Gasteiger partial charge in [-0.2, -0.15) is 0 Å². The van der Waals surface area contributed by atoms with E-state index in [1.807, 2.05) is 0 Å². The lowest BCUT2D eigenvalue weighted by atomic mass is 10.5. The van der Waals surface area contributed by atoms with E-state index in [4.69, 9.17) is 6.42 Å². The zero-order valence-electron chi connectivity index (χ0n) is 5.78. The number of rotatable bonds is 0. The molecule has 11 heavy (non-hydrogen) atoms. The molecule has 0 aromatic heterocycles. The third kappa shape index (κ3) is 7.76. The van der Waals surface area contributed by atoms with E-state index in [1.165, 1.54) is 0 Å². The summed E-state index contributed by atoms with van der Waals surface area (Å²) in [5.41, 5.74) is 7.23. The van der Waals surface area contributed by atoms with Crippen LogP contribution in [0.15, 0.2) is 23.8 Å². The second-order valence-corrected chi connectivity index (χ2v) is 1.20. The lowest BCUT2D eigenvalue weighted by molar-refractivity contribution is 2.07. The molecule has 0 aliphatic rings. The van der Waals surface area contributed by atoms with E-state index in [9.17, 15) is 0 Å². The summed E-state index contributed by atoms with van der Waals surface area (Å²) in [7, 11) is 0. The molecule has 0 heteroatoms. The van der Waals surface area contributed by atoms with E-state index < -0.39 is 0 Å². The van der Waals surface area contributed by atoms with Crippen LogP contribution in [0.4, 0.5) is 0 Å². The molecule has 0 saturated heterocycles. The fourth-order valence-corrected chi connectivity index (χ4v) is 0.237. The monoisotopic (exact) mass is 135 g/mol. The molecule has 0 amide bonds. The summed E-state index contributed by atoms with van der Waals surface area (Å²) < 4.78 is 0. The van der Waals surface area contributed by atoms with Crippen molar-refractivity contribution >= 4 is 0 Å². The minimum atomic E-state index is 2.12. The van der Waals surface area contributed by atoms with Crippen molar-refractivity contribution in [1.29, 1.82) is 0 Å². The van der Waals surface area contributed by atoms with Gasteiger partial charge in [0.1, 0.15) is 6.08 Å². The first-order valence-corrected chi connectivity index (χ1v) is 2.64. The van der Waals surface area contributed by atoms with Crippen LogP contribution in [0.1, 0.15) is 0 Å². The van der Waals surface area contributed by atoms with Crippen LogP contribution in [0.5, 0.6) is 0 Å². The minimum Gasteiger partial charge on any atom is -0.106 e. The van der Waals surface area contributed by atoms with E-state index in [1.54, 1.807) is 0 Å². The molecule has 0 aromatic carbocycles. The standard InChI is InChI=1S/C11H3/c1-3-5-7-9-11-10-8-6-4-2/h1H,2H2. The summed E-state index contributed by atoms with van der Waals surface area (Å²) in [5, 5.41) is 0. The Labute approximate surface area is 66.6 Å². The zero-order chi connectivity index (χ0) is 8.36. The minimum absolute atomic E-state index is 2.12. The lowest BCUT2D eigenvalue weighted by Crippen LogP contribution is -1.49. The lowest BCUT2D eigenvalue weighted by Gasteiger charge is -1.52. The summed E-state index contributed by atoms with van der Waals surface area (Å²) in [6.45, 7) is 3.27. The molecule has 0 heterocycles. The van der Waals surface area contributed by atoms with Crippen molar-refractivity contribution in [3.05, 3.63) is 29.8 Å². The Kier molecular flexibility index (Phi) is 6.18. The number of allylic oxidation sites excluding steroid dienone is 1. The van der Waals surface area contributed by atoms with Crippen LogP contribution in [0.3, 0.4) is 0 Å². The Hall–Kier alpha value is -2.24. The summed E-state index contributed by atoms with van der Waals surface area (Å²) >= 11 is 0. The van der Waals surface area contributed by atoms with Gasteiger partial charge >= 0.3 is 0 Å². The van der Waals surface area contributed by atoms with Crippen LogP contribution in [0, 0.1) is 42.1 Å². The summed E-state index contributed by atoms with van der Waals surface area (Å²) in [6.07, 6.45) is 7.28. The van der Waals surface area contributed by atoms with Gasteiger partial charge < -0.3 is 0 Å². The Bertz CT molecular complexity index is 389. The highest BCUT2D eigenvalue weighted by Gasteiger charge is 1.53. The van der Waals surface area contributed by atoms with Crippen LogP contribution in [-0.2, 0) is 0 Å². The quantitative estimate of drug-likeness (QED) is 0.344. The predicted octanol–water partition coefficient (Wildman–Crippen LogP) is 1.08. The van der Waals surface area contributed by atoms with E-state index in [2.05, 4.69) is 59.5 Å². The smallest absolute Gasteiger partial charge is 0.101 e. The first kappa shape index (κ1) is 8.76. The predicted molar refractivity (Wildman–Crippen MR) is 43.8 cm³/mol. The van der Waals surface area contributed by atoms with Gasteiger partial charge in [-0.3, -0.25) is 0 Å². The maximum Gasteiger partial charge on any atom is 0.101 e. The molecular formula is C11H3. The fraction of sp³-hybridized carbons (Fsp3) is 0. The van der Waals surface area contributed by atoms with Gasteiger partial charge in [-0.1, -0.05) is 5.73 Å². The molecule has 0 nitrogen and oxygen atoms in total. The summed E-state index contributed by atoms with van der Waals surface area (Å²) in [6, 6.07) is 0. The van der Waals surface area contributed by atoms with Crippen molar-refractivity contribution in [2.75, 3.05) is 0 Å². The molecule has 0 aliphatic carbocycles. The highest BCUT2D eigenvalue weighted by atomic mass is 13.5. The highest BCUT2D eigenvalue weighted by Crippen LogP contribution is 1.57. The van der Waals surface area contributed by atoms with E-state index in [0.717, 1.165) is 0 Å². The SMILES string of the molecule is C#CC#CC#C[C]=C=C=C=C. The molecule has 0 unspecified atom stereocenters. The molecule has 0 atom stereocenters. The van der Waals surface area contributed by atoms with E-state index in [-0.39, 0.29) is 0 Å². The number of hydrogen-bond donors (Lipinski definition) is 0. The van der Waals surface area contributed by atoms with E-state index >= 15 is 0 Å². The van der Waals surface area contributed by atoms with Crippen molar-refractivity contribution in [2.24, 2.45) is 0 Å².